The minimum Gasteiger partial charge on any atom is -0.490 e. The number of rotatable bonds is 7. The number of aryl methyl sites for hydroxylation is 1. The van der Waals surface area contributed by atoms with Gasteiger partial charge < -0.3 is 9.84 Å². The van der Waals surface area contributed by atoms with Gasteiger partial charge in [-0.3, -0.25) is 9.58 Å². The van der Waals surface area contributed by atoms with E-state index in [1.54, 1.807) is 6.20 Å². The van der Waals surface area contributed by atoms with Gasteiger partial charge in [-0.15, -0.1) is 0 Å². The average molecular weight is 418 g/mol. The Hall–Kier alpha value is -2.63. The van der Waals surface area contributed by atoms with Gasteiger partial charge in [0, 0.05) is 31.4 Å². The van der Waals surface area contributed by atoms with Crippen molar-refractivity contribution >= 4 is 0 Å². The quantitative estimate of drug-likeness (QED) is 0.630. The highest BCUT2D eigenvalue weighted by Gasteiger charge is 2.42. The monoisotopic (exact) mass is 417 g/mol. The number of benzene rings is 2. The molecule has 0 amide bonds. The van der Waals surface area contributed by atoms with Crippen molar-refractivity contribution in [2.45, 2.75) is 38.5 Å². The number of ether oxygens (including phenoxy) is 1. The third-order valence-corrected chi connectivity index (χ3v) is 6.76. The average Bonchev–Trinajstić information content (AvgIpc) is 3.46. The second-order valence-corrected chi connectivity index (χ2v) is 9.24. The Kier molecular flexibility index (Phi) is 5.79. The maximum atomic E-state index is 10.8. The lowest BCUT2D eigenvalue weighted by Gasteiger charge is -2.22. The summed E-state index contributed by atoms with van der Waals surface area (Å²) in [5.74, 6) is 2.32. The molecule has 0 bridgehead atoms. The predicted molar refractivity (Wildman–Crippen MR) is 121 cm³/mol. The van der Waals surface area contributed by atoms with Gasteiger partial charge in [-0.05, 0) is 49.3 Å². The molecule has 2 heterocycles. The molecule has 2 fully saturated rings. The zero-order valence-electron chi connectivity index (χ0n) is 18.1. The number of hydrogen-bond donors (Lipinski definition) is 1. The predicted octanol–water partition coefficient (Wildman–Crippen LogP) is 4.06. The maximum absolute atomic E-state index is 10.8. The van der Waals surface area contributed by atoms with Crippen LogP contribution in [0.1, 0.15) is 35.6 Å². The first-order chi connectivity index (χ1) is 15.1. The minimum atomic E-state index is -0.497. The van der Waals surface area contributed by atoms with Crippen molar-refractivity contribution in [2.24, 2.45) is 11.8 Å². The third-order valence-electron chi connectivity index (χ3n) is 6.76. The Morgan fingerprint density at radius 2 is 1.74 bits per heavy atom. The summed E-state index contributed by atoms with van der Waals surface area (Å²) in [6, 6.07) is 18.6. The molecule has 5 rings (SSSR count). The van der Waals surface area contributed by atoms with Crippen molar-refractivity contribution in [1.82, 2.24) is 14.7 Å². The highest BCUT2D eigenvalue weighted by Crippen LogP contribution is 2.40. The number of β-amino-alcohol motifs (C(OH)–C–C–N with tert-alkyl or cyclic N) is 1. The third kappa shape index (κ3) is 4.83. The molecule has 4 atom stereocenters. The molecule has 2 aliphatic rings. The summed E-state index contributed by atoms with van der Waals surface area (Å²) in [7, 11) is 0. The zero-order valence-corrected chi connectivity index (χ0v) is 18.1. The molecule has 1 aliphatic heterocycles. The van der Waals surface area contributed by atoms with Crippen molar-refractivity contribution in [3.8, 4) is 5.75 Å². The van der Waals surface area contributed by atoms with Gasteiger partial charge in [0.2, 0.25) is 0 Å². The first kappa shape index (κ1) is 20.3. The second kappa shape index (κ2) is 8.85. The summed E-state index contributed by atoms with van der Waals surface area (Å²) in [6.45, 7) is 5.60. The Morgan fingerprint density at radius 1 is 1.03 bits per heavy atom. The van der Waals surface area contributed by atoms with E-state index in [4.69, 9.17) is 4.74 Å². The fourth-order valence-electron chi connectivity index (χ4n) is 5.15. The Balaban J connectivity index is 1.11. The van der Waals surface area contributed by atoms with Gasteiger partial charge in [-0.25, -0.2) is 0 Å². The van der Waals surface area contributed by atoms with Gasteiger partial charge in [-0.2, -0.15) is 5.10 Å². The highest BCUT2D eigenvalue weighted by atomic mass is 16.5. The van der Waals surface area contributed by atoms with Gasteiger partial charge in [0.05, 0.1) is 24.9 Å². The highest BCUT2D eigenvalue weighted by molar-refractivity contribution is 5.26. The number of aromatic nitrogens is 2. The normalized spacial score (nSPS) is 24.3. The Morgan fingerprint density at radius 3 is 2.45 bits per heavy atom. The van der Waals surface area contributed by atoms with Crippen LogP contribution in [0.4, 0.5) is 0 Å². The molecule has 162 valence electrons. The van der Waals surface area contributed by atoms with E-state index in [1.807, 2.05) is 29.1 Å². The number of likely N-dealkylation sites (tertiary alicyclic amines) is 1. The number of aliphatic hydroxyl groups is 1. The van der Waals surface area contributed by atoms with E-state index in [0.29, 0.717) is 24.5 Å². The number of aliphatic hydroxyl groups excluding tert-OH is 1. The lowest BCUT2D eigenvalue weighted by Crippen LogP contribution is -2.28. The second-order valence-electron chi connectivity index (χ2n) is 9.24. The molecule has 0 spiro atoms. The molecule has 1 saturated heterocycles. The van der Waals surface area contributed by atoms with E-state index < -0.39 is 6.10 Å². The number of fused-ring (bicyclic) bond motifs is 1. The lowest BCUT2D eigenvalue weighted by molar-refractivity contribution is 0.116. The van der Waals surface area contributed by atoms with Crippen LogP contribution in [-0.2, 0) is 6.54 Å². The van der Waals surface area contributed by atoms with Crippen LogP contribution >= 0.6 is 0 Å². The van der Waals surface area contributed by atoms with Crippen molar-refractivity contribution in [2.75, 3.05) is 19.6 Å². The van der Waals surface area contributed by atoms with Crippen LogP contribution in [0, 0.1) is 18.8 Å². The smallest absolute Gasteiger partial charge is 0.119 e. The van der Waals surface area contributed by atoms with Crippen molar-refractivity contribution in [1.29, 1.82) is 0 Å². The maximum Gasteiger partial charge on any atom is 0.119 e. The topological polar surface area (TPSA) is 50.5 Å². The summed E-state index contributed by atoms with van der Waals surface area (Å²) in [6.07, 6.45) is 5.82. The summed E-state index contributed by atoms with van der Waals surface area (Å²) in [4.78, 5) is 2.41. The molecule has 2 aromatic carbocycles. The van der Waals surface area contributed by atoms with Crippen LogP contribution in [0.2, 0.25) is 0 Å². The van der Waals surface area contributed by atoms with E-state index in [1.165, 1.54) is 11.1 Å². The lowest BCUT2D eigenvalue weighted by atomic mass is 10.0. The summed E-state index contributed by atoms with van der Waals surface area (Å²) >= 11 is 0. The van der Waals surface area contributed by atoms with Gasteiger partial charge in [-0.1, -0.05) is 48.0 Å². The van der Waals surface area contributed by atoms with Crippen molar-refractivity contribution in [3.63, 3.8) is 0 Å². The Labute approximate surface area is 184 Å². The summed E-state index contributed by atoms with van der Waals surface area (Å²) in [5.41, 5.74) is 3.37. The minimum absolute atomic E-state index is 0.320. The van der Waals surface area contributed by atoms with Crippen LogP contribution in [0.15, 0.2) is 67.0 Å². The van der Waals surface area contributed by atoms with Crippen LogP contribution < -0.4 is 4.74 Å². The number of nitrogens with zero attached hydrogens (tertiary/aromatic N) is 3. The van der Waals surface area contributed by atoms with Gasteiger partial charge >= 0.3 is 0 Å². The van der Waals surface area contributed by atoms with Crippen LogP contribution in [0.25, 0.3) is 0 Å². The molecule has 1 aliphatic carbocycles. The molecule has 31 heavy (non-hydrogen) atoms. The molecule has 5 heteroatoms. The SMILES string of the molecule is Cc1ccc(O[C@H]2C[C@@H]3CN(CC(O)c4cnn(Cc5ccccc5)c4)C[C@@H]3C2)cc1. The van der Waals surface area contributed by atoms with Gasteiger partial charge in [0.1, 0.15) is 5.75 Å². The zero-order chi connectivity index (χ0) is 21.2. The van der Waals surface area contributed by atoms with Crippen LogP contribution in [0.3, 0.4) is 0 Å². The fourth-order valence-corrected chi connectivity index (χ4v) is 5.15. The molecule has 1 unspecified atom stereocenters. The molecule has 0 radical (unpaired) electrons. The fraction of sp³-hybridized carbons (Fsp3) is 0.423. The standard InChI is InChI=1S/C26H31N3O2/c1-19-7-9-24(10-8-19)31-25-11-21-15-28(16-22(21)12-25)18-26(30)23-13-27-29(17-23)14-20-5-3-2-4-6-20/h2-10,13,17,21-22,25-26,30H,11-12,14-16,18H2,1H3/t21-,22+,25+,26?. The summed E-state index contributed by atoms with van der Waals surface area (Å²) in [5, 5.41) is 15.2. The molecule has 1 N–H and O–H groups in total. The van der Waals surface area contributed by atoms with Gasteiger partial charge in [0.15, 0.2) is 0 Å². The van der Waals surface area contributed by atoms with E-state index in [-0.39, 0.29) is 0 Å². The largest absolute Gasteiger partial charge is 0.490 e. The molecule has 1 saturated carbocycles. The van der Waals surface area contributed by atoms with Gasteiger partial charge in [0.25, 0.3) is 0 Å². The number of hydrogen-bond acceptors (Lipinski definition) is 4. The Bertz CT molecular complexity index is 971. The first-order valence-corrected chi connectivity index (χ1v) is 11.3. The van der Waals surface area contributed by atoms with Crippen molar-refractivity contribution in [3.05, 3.63) is 83.7 Å². The molecule has 3 aromatic rings. The van der Waals surface area contributed by atoms with Crippen LogP contribution in [0.5, 0.6) is 5.75 Å². The first-order valence-electron chi connectivity index (χ1n) is 11.3. The van der Waals surface area contributed by atoms with Crippen molar-refractivity contribution < 1.29 is 9.84 Å². The molecule has 5 nitrogen and oxygen atoms in total. The molecule has 1 aromatic heterocycles. The van der Waals surface area contributed by atoms with E-state index in [2.05, 4.69) is 53.3 Å². The summed E-state index contributed by atoms with van der Waals surface area (Å²) < 4.78 is 8.13. The van der Waals surface area contributed by atoms with E-state index >= 15 is 0 Å². The molecular weight excluding hydrogens is 386 g/mol. The van der Waals surface area contributed by atoms with E-state index in [0.717, 1.165) is 43.8 Å². The molecular formula is C26H31N3O2. The van der Waals surface area contributed by atoms with Crippen LogP contribution in [-0.4, -0.2) is 45.5 Å². The van der Waals surface area contributed by atoms with E-state index in [9.17, 15) is 5.11 Å².